The minimum absolute atomic E-state index is 0.558. The van der Waals surface area contributed by atoms with E-state index in [1.54, 1.807) is 0 Å². The fourth-order valence-corrected chi connectivity index (χ4v) is 4.25. The highest BCUT2D eigenvalue weighted by Crippen LogP contribution is 2.42. The number of hydrogen-bond donors (Lipinski definition) is 0. The van der Waals surface area contributed by atoms with Gasteiger partial charge in [-0.2, -0.15) is 0 Å². The Morgan fingerprint density at radius 2 is 1.17 bits per heavy atom. The van der Waals surface area contributed by atoms with Gasteiger partial charge >= 0.3 is 0 Å². The molecule has 0 unspecified atom stereocenters. The summed E-state index contributed by atoms with van der Waals surface area (Å²) < 4.78 is 0. The summed E-state index contributed by atoms with van der Waals surface area (Å²) in [5.74, 6) is 1.12. The summed E-state index contributed by atoms with van der Waals surface area (Å²) in [7, 11) is 0. The molecule has 0 aromatic heterocycles. The van der Waals surface area contributed by atoms with Gasteiger partial charge in [-0.05, 0) is 52.6 Å². The zero-order valence-electron chi connectivity index (χ0n) is 14.0. The van der Waals surface area contributed by atoms with E-state index in [1.807, 2.05) is 0 Å². The number of allylic oxidation sites excluding steroid dienone is 2. The Bertz CT molecular complexity index is 724. The molecule has 0 bridgehead atoms. The van der Waals surface area contributed by atoms with Crippen molar-refractivity contribution < 1.29 is 0 Å². The second-order valence-corrected chi connectivity index (χ2v) is 6.71. The van der Waals surface area contributed by atoms with Gasteiger partial charge in [-0.15, -0.1) is 0 Å². The molecule has 0 amide bonds. The zero-order valence-corrected chi connectivity index (χ0v) is 14.0. The Morgan fingerprint density at radius 1 is 0.696 bits per heavy atom. The highest BCUT2D eigenvalue weighted by Gasteiger charge is 2.25. The highest BCUT2D eigenvalue weighted by molar-refractivity contribution is 5.68. The summed E-state index contributed by atoms with van der Waals surface area (Å²) in [5.41, 5.74) is 8.97. The van der Waals surface area contributed by atoms with Gasteiger partial charge in [0.05, 0.1) is 0 Å². The second kappa shape index (κ2) is 5.85. The molecule has 2 aliphatic carbocycles. The van der Waals surface area contributed by atoms with Gasteiger partial charge in [0, 0.05) is 11.8 Å². The van der Waals surface area contributed by atoms with Crippen LogP contribution in [0.1, 0.15) is 65.5 Å². The molecule has 0 saturated heterocycles. The average molecular weight is 300 g/mol. The van der Waals surface area contributed by atoms with Crippen LogP contribution in [0.3, 0.4) is 0 Å². The van der Waals surface area contributed by atoms with E-state index in [2.05, 4.69) is 74.5 Å². The van der Waals surface area contributed by atoms with Crippen LogP contribution < -0.4 is 0 Å². The van der Waals surface area contributed by atoms with Crippen LogP contribution in [-0.2, 0) is 12.8 Å². The summed E-state index contributed by atoms with van der Waals surface area (Å²) in [6.45, 7) is 4.50. The van der Waals surface area contributed by atoms with Gasteiger partial charge in [0.2, 0.25) is 0 Å². The van der Waals surface area contributed by atoms with Crippen LogP contribution in [0.5, 0.6) is 0 Å². The largest absolute Gasteiger partial charge is 0.0763 e. The van der Waals surface area contributed by atoms with Crippen LogP contribution in [-0.4, -0.2) is 0 Å². The van der Waals surface area contributed by atoms with Crippen LogP contribution in [0, 0.1) is 0 Å². The maximum Gasteiger partial charge on any atom is 0.00361 e. The molecule has 23 heavy (non-hydrogen) atoms. The quantitative estimate of drug-likeness (QED) is 0.638. The third kappa shape index (κ3) is 2.37. The van der Waals surface area contributed by atoms with Gasteiger partial charge in [0.15, 0.2) is 0 Å². The third-order valence-corrected chi connectivity index (χ3v) is 5.52. The van der Waals surface area contributed by atoms with Crippen molar-refractivity contribution in [3.05, 3.63) is 81.9 Å². The lowest BCUT2D eigenvalue weighted by molar-refractivity contribution is 0.685. The second-order valence-electron chi connectivity index (χ2n) is 6.71. The molecule has 116 valence electrons. The van der Waals surface area contributed by atoms with E-state index in [0.717, 1.165) is 12.8 Å². The van der Waals surface area contributed by atoms with E-state index in [9.17, 15) is 0 Å². The van der Waals surface area contributed by atoms with Crippen molar-refractivity contribution in [1.29, 1.82) is 0 Å². The topological polar surface area (TPSA) is 0 Å². The maximum atomic E-state index is 2.42. The van der Waals surface area contributed by atoms with Gasteiger partial charge in [-0.25, -0.2) is 0 Å². The van der Waals surface area contributed by atoms with Crippen LogP contribution >= 0.6 is 0 Å². The third-order valence-electron chi connectivity index (χ3n) is 5.52. The van der Waals surface area contributed by atoms with Crippen molar-refractivity contribution in [2.75, 3.05) is 0 Å². The SMILES string of the molecule is CCc1cccc2c1C=C[C@H]2C[C@@H]1C=Cc2c(CC)cccc21. The molecule has 0 fully saturated rings. The van der Waals surface area contributed by atoms with Crippen molar-refractivity contribution in [2.24, 2.45) is 0 Å². The molecule has 0 radical (unpaired) electrons. The molecular weight excluding hydrogens is 276 g/mol. The standard InChI is InChI=1S/C23H24/c1-3-16-7-5-9-20-18(11-13-22(16)20)15-19-12-14-23-17(4-2)8-6-10-21(19)23/h5-14,18-19H,3-4,15H2,1-2H3/t18-,19-/m0/s1. The molecule has 2 aromatic carbocycles. The summed E-state index contributed by atoms with van der Waals surface area (Å²) in [6, 6.07) is 13.6. The molecule has 2 aliphatic rings. The molecule has 0 nitrogen and oxygen atoms in total. The monoisotopic (exact) mass is 300 g/mol. The molecule has 2 atom stereocenters. The zero-order chi connectivity index (χ0) is 15.8. The molecule has 0 aliphatic heterocycles. The van der Waals surface area contributed by atoms with Gasteiger partial charge in [-0.3, -0.25) is 0 Å². The van der Waals surface area contributed by atoms with Crippen LogP contribution in [0.15, 0.2) is 48.6 Å². The van der Waals surface area contributed by atoms with Crippen LogP contribution in [0.4, 0.5) is 0 Å². The summed E-state index contributed by atoms with van der Waals surface area (Å²) in [4.78, 5) is 0. The van der Waals surface area contributed by atoms with Crippen LogP contribution in [0.2, 0.25) is 0 Å². The van der Waals surface area contributed by atoms with Crippen molar-refractivity contribution >= 4 is 12.2 Å². The summed E-state index contributed by atoms with van der Waals surface area (Å²) >= 11 is 0. The number of hydrogen-bond acceptors (Lipinski definition) is 0. The van der Waals surface area contributed by atoms with Gasteiger partial charge in [0.1, 0.15) is 0 Å². The van der Waals surface area contributed by atoms with Gasteiger partial charge in [0.25, 0.3) is 0 Å². The fourth-order valence-electron chi connectivity index (χ4n) is 4.25. The van der Waals surface area contributed by atoms with E-state index < -0.39 is 0 Å². The van der Waals surface area contributed by atoms with Gasteiger partial charge in [-0.1, -0.05) is 74.5 Å². The van der Waals surface area contributed by atoms with Crippen LogP contribution in [0.25, 0.3) is 12.2 Å². The lowest BCUT2D eigenvalue weighted by Gasteiger charge is -2.18. The van der Waals surface area contributed by atoms with Gasteiger partial charge < -0.3 is 0 Å². The number of rotatable bonds is 4. The molecule has 0 N–H and O–H groups in total. The Balaban J connectivity index is 1.62. The number of fused-ring (bicyclic) bond motifs is 2. The van der Waals surface area contributed by atoms with E-state index in [1.165, 1.54) is 39.8 Å². The van der Waals surface area contributed by atoms with E-state index in [4.69, 9.17) is 0 Å². The highest BCUT2D eigenvalue weighted by atomic mass is 14.3. The van der Waals surface area contributed by atoms with E-state index in [-0.39, 0.29) is 0 Å². The predicted molar refractivity (Wildman–Crippen MR) is 99.8 cm³/mol. The smallest absolute Gasteiger partial charge is 0.00361 e. The normalized spacial score (nSPS) is 20.8. The predicted octanol–water partition coefficient (Wildman–Crippen LogP) is 6.12. The van der Waals surface area contributed by atoms with Crippen molar-refractivity contribution in [3.63, 3.8) is 0 Å². The molecule has 4 rings (SSSR count). The maximum absolute atomic E-state index is 2.42. The first kappa shape index (κ1) is 14.5. The summed E-state index contributed by atoms with van der Waals surface area (Å²) in [5, 5.41) is 0. The Kier molecular flexibility index (Phi) is 3.69. The first-order valence-corrected chi connectivity index (χ1v) is 8.91. The molecular formula is C23H24. The Morgan fingerprint density at radius 3 is 1.61 bits per heavy atom. The van der Waals surface area contributed by atoms with E-state index >= 15 is 0 Å². The summed E-state index contributed by atoms with van der Waals surface area (Å²) in [6.07, 6.45) is 13.0. The first-order valence-electron chi connectivity index (χ1n) is 8.91. The Hall–Kier alpha value is -2.08. The number of benzene rings is 2. The van der Waals surface area contributed by atoms with Crippen molar-refractivity contribution in [2.45, 2.75) is 44.9 Å². The molecule has 0 heterocycles. The van der Waals surface area contributed by atoms with Crippen molar-refractivity contribution in [3.8, 4) is 0 Å². The van der Waals surface area contributed by atoms with Crippen molar-refractivity contribution in [1.82, 2.24) is 0 Å². The van der Waals surface area contributed by atoms with E-state index in [0.29, 0.717) is 11.8 Å². The number of aryl methyl sites for hydroxylation is 2. The molecule has 2 aromatic rings. The molecule has 0 heteroatoms. The lowest BCUT2D eigenvalue weighted by Crippen LogP contribution is -2.02. The average Bonchev–Trinajstić information content (AvgIpc) is 3.19. The molecule has 0 saturated carbocycles. The minimum atomic E-state index is 0.558. The molecule has 0 spiro atoms. The first-order chi connectivity index (χ1) is 11.3. The lowest BCUT2D eigenvalue weighted by atomic mass is 9.86. The fraction of sp³-hybridized carbons (Fsp3) is 0.304. The minimum Gasteiger partial charge on any atom is -0.0763 e. The Labute approximate surface area is 139 Å².